The van der Waals surface area contributed by atoms with Crippen molar-refractivity contribution in [1.29, 1.82) is 0 Å². The van der Waals surface area contributed by atoms with Crippen molar-refractivity contribution in [2.75, 3.05) is 19.5 Å². The smallest absolute Gasteiger partial charge is 0.124 e. The van der Waals surface area contributed by atoms with Gasteiger partial charge in [-0.25, -0.2) is 0 Å². The molecule has 1 heterocycles. The van der Waals surface area contributed by atoms with Gasteiger partial charge in [0.1, 0.15) is 11.5 Å². The van der Waals surface area contributed by atoms with Gasteiger partial charge in [0.25, 0.3) is 0 Å². The second kappa shape index (κ2) is 6.93. The van der Waals surface area contributed by atoms with E-state index in [1.165, 1.54) is 30.6 Å². The Hall–Kier alpha value is -0.870. The molecule has 3 rings (SSSR count). The van der Waals surface area contributed by atoms with E-state index in [0.29, 0.717) is 12.1 Å². The van der Waals surface area contributed by atoms with E-state index in [1.807, 2.05) is 12.1 Å². The molecule has 0 spiro atoms. The molecule has 1 fully saturated rings. The van der Waals surface area contributed by atoms with Gasteiger partial charge in [-0.2, -0.15) is 11.8 Å². The average Bonchev–Trinajstić information content (AvgIpc) is 2.95. The van der Waals surface area contributed by atoms with Crippen LogP contribution in [0.3, 0.4) is 0 Å². The van der Waals surface area contributed by atoms with Crippen LogP contribution in [0.15, 0.2) is 18.2 Å². The van der Waals surface area contributed by atoms with E-state index in [9.17, 15) is 0 Å². The SMILES string of the molecule is CCSC1CCCC1NC1CCOc2ccc(OC)cc21. The Morgan fingerprint density at radius 1 is 1.33 bits per heavy atom. The summed E-state index contributed by atoms with van der Waals surface area (Å²) in [6.07, 6.45) is 5.04. The highest BCUT2D eigenvalue weighted by molar-refractivity contribution is 7.99. The zero-order chi connectivity index (χ0) is 14.7. The molecule has 2 aliphatic rings. The molecular weight excluding hydrogens is 282 g/mol. The number of nitrogens with one attached hydrogen (secondary N) is 1. The summed E-state index contributed by atoms with van der Waals surface area (Å²) >= 11 is 2.11. The minimum absolute atomic E-state index is 0.395. The van der Waals surface area contributed by atoms with Gasteiger partial charge in [0.2, 0.25) is 0 Å². The standard InChI is InChI=1S/C17H25NO2S/c1-3-21-17-6-4-5-15(17)18-14-9-10-20-16-8-7-12(19-2)11-13(14)16/h7-8,11,14-15,17-18H,3-6,9-10H2,1-2H3. The molecule has 21 heavy (non-hydrogen) atoms. The fourth-order valence-electron chi connectivity index (χ4n) is 3.46. The van der Waals surface area contributed by atoms with Crippen LogP contribution < -0.4 is 14.8 Å². The zero-order valence-electron chi connectivity index (χ0n) is 12.9. The van der Waals surface area contributed by atoms with Gasteiger partial charge in [0.15, 0.2) is 0 Å². The third-order valence-electron chi connectivity index (χ3n) is 4.51. The number of benzene rings is 1. The molecule has 3 unspecified atom stereocenters. The van der Waals surface area contributed by atoms with Crippen molar-refractivity contribution in [2.45, 2.75) is 49.9 Å². The lowest BCUT2D eigenvalue weighted by molar-refractivity contribution is 0.243. The molecule has 4 heteroatoms. The largest absolute Gasteiger partial charge is 0.497 e. The number of methoxy groups -OCH3 is 1. The first kappa shape index (κ1) is 15.0. The van der Waals surface area contributed by atoms with Crippen molar-refractivity contribution in [2.24, 2.45) is 0 Å². The van der Waals surface area contributed by atoms with E-state index in [2.05, 4.69) is 30.1 Å². The number of hydrogen-bond acceptors (Lipinski definition) is 4. The Morgan fingerprint density at radius 3 is 3.05 bits per heavy atom. The number of ether oxygens (including phenoxy) is 2. The summed E-state index contributed by atoms with van der Waals surface area (Å²) in [7, 11) is 1.72. The van der Waals surface area contributed by atoms with E-state index >= 15 is 0 Å². The summed E-state index contributed by atoms with van der Waals surface area (Å²) in [6.45, 7) is 3.06. The lowest BCUT2D eigenvalue weighted by Gasteiger charge is -2.31. The van der Waals surface area contributed by atoms with E-state index in [1.54, 1.807) is 7.11 Å². The van der Waals surface area contributed by atoms with Crippen molar-refractivity contribution in [3.05, 3.63) is 23.8 Å². The molecule has 0 amide bonds. The van der Waals surface area contributed by atoms with Gasteiger partial charge in [-0.15, -0.1) is 0 Å². The van der Waals surface area contributed by atoms with E-state index in [0.717, 1.165) is 29.8 Å². The van der Waals surface area contributed by atoms with Gasteiger partial charge in [-0.1, -0.05) is 13.3 Å². The average molecular weight is 307 g/mol. The van der Waals surface area contributed by atoms with E-state index in [-0.39, 0.29) is 0 Å². The topological polar surface area (TPSA) is 30.5 Å². The lowest BCUT2D eigenvalue weighted by atomic mass is 9.99. The van der Waals surface area contributed by atoms with Crippen molar-refractivity contribution in [3.63, 3.8) is 0 Å². The van der Waals surface area contributed by atoms with Gasteiger partial charge in [0, 0.05) is 29.3 Å². The van der Waals surface area contributed by atoms with Gasteiger partial charge < -0.3 is 14.8 Å². The van der Waals surface area contributed by atoms with Crippen LogP contribution >= 0.6 is 11.8 Å². The molecule has 1 aromatic rings. The molecule has 1 aromatic carbocycles. The van der Waals surface area contributed by atoms with Gasteiger partial charge in [-0.3, -0.25) is 0 Å². The Balaban J connectivity index is 1.75. The predicted molar refractivity (Wildman–Crippen MR) is 88.5 cm³/mol. The summed E-state index contributed by atoms with van der Waals surface area (Å²) < 4.78 is 11.2. The van der Waals surface area contributed by atoms with Crippen LogP contribution in [0.25, 0.3) is 0 Å². The van der Waals surface area contributed by atoms with Gasteiger partial charge >= 0.3 is 0 Å². The molecule has 116 valence electrons. The summed E-state index contributed by atoms with van der Waals surface area (Å²) in [5.41, 5.74) is 1.26. The summed E-state index contributed by atoms with van der Waals surface area (Å²) in [5, 5.41) is 4.67. The normalized spacial score (nSPS) is 28.0. The summed E-state index contributed by atoms with van der Waals surface area (Å²) in [4.78, 5) is 0. The lowest BCUT2D eigenvalue weighted by Crippen LogP contribution is -2.39. The Morgan fingerprint density at radius 2 is 2.24 bits per heavy atom. The van der Waals surface area contributed by atoms with Gasteiger partial charge in [0.05, 0.1) is 13.7 Å². The molecule has 3 nitrogen and oxygen atoms in total. The maximum Gasteiger partial charge on any atom is 0.124 e. The molecule has 3 atom stereocenters. The van der Waals surface area contributed by atoms with E-state index < -0.39 is 0 Å². The quantitative estimate of drug-likeness (QED) is 0.897. The van der Waals surface area contributed by atoms with Crippen molar-refractivity contribution >= 4 is 11.8 Å². The summed E-state index contributed by atoms with van der Waals surface area (Å²) in [5.74, 6) is 3.13. The number of fused-ring (bicyclic) bond motifs is 1. The molecule has 1 N–H and O–H groups in total. The molecule has 0 radical (unpaired) electrons. The first-order valence-electron chi connectivity index (χ1n) is 8.00. The third-order valence-corrected chi connectivity index (χ3v) is 5.83. The molecule has 0 bridgehead atoms. The fraction of sp³-hybridized carbons (Fsp3) is 0.647. The molecule has 1 aliphatic carbocycles. The molecule has 0 aromatic heterocycles. The minimum Gasteiger partial charge on any atom is -0.497 e. The zero-order valence-corrected chi connectivity index (χ0v) is 13.7. The van der Waals surface area contributed by atoms with Crippen LogP contribution in [0.4, 0.5) is 0 Å². The molecule has 0 saturated heterocycles. The van der Waals surface area contributed by atoms with Crippen LogP contribution in [-0.2, 0) is 0 Å². The Kier molecular flexibility index (Phi) is 4.96. The Labute approximate surface area is 131 Å². The number of thioether (sulfide) groups is 1. The monoisotopic (exact) mass is 307 g/mol. The van der Waals surface area contributed by atoms with Crippen molar-refractivity contribution in [3.8, 4) is 11.5 Å². The molecule has 1 saturated carbocycles. The number of hydrogen-bond donors (Lipinski definition) is 1. The van der Waals surface area contributed by atoms with Crippen molar-refractivity contribution < 1.29 is 9.47 Å². The third kappa shape index (κ3) is 3.32. The number of rotatable bonds is 5. The minimum atomic E-state index is 0.395. The molecule has 1 aliphatic heterocycles. The second-order valence-corrected chi connectivity index (χ2v) is 7.31. The van der Waals surface area contributed by atoms with Crippen LogP contribution in [0, 0.1) is 0 Å². The molecular formula is C17H25NO2S. The second-order valence-electron chi connectivity index (χ2n) is 5.79. The highest BCUT2D eigenvalue weighted by Gasteiger charge is 2.31. The van der Waals surface area contributed by atoms with Crippen molar-refractivity contribution in [1.82, 2.24) is 5.32 Å². The first-order valence-corrected chi connectivity index (χ1v) is 9.05. The van der Waals surface area contributed by atoms with E-state index in [4.69, 9.17) is 9.47 Å². The summed E-state index contributed by atoms with van der Waals surface area (Å²) in [6, 6.07) is 7.17. The van der Waals surface area contributed by atoms with Crippen LogP contribution in [0.2, 0.25) is 0 Å². The Bertz CT molecular complexity index is 480. The highest BCUT2D eigenvalue weighted by atomic mass is 32.2. The van der Waals surface area contributed by atoms with Crippen LogP contribution in [-0.4, -0.2) is 30.8 Å². The maximum absolute atomic E-state index is 5.79. The maximum atomic E-state index is 5.79. The fourth-order valence-corrected chi connectivity index (χ4v) is 4.67. The van der Waals surface area contributed by atoms with Crippen LogP contribution in [0.5, 0.6) is 11.5 Å². The van der Waals surface area contributed by atoms with Gasteiger partial charge in [-0.05, 0) is 36.8 Å². The first-order chi connectivity index (χ1) is 10.3. The highest BCUT2D eigenvalue weighted by Crippen LogP contribution is 2.37. The van der Waals surface area contributed by atoms with Crippen LogP contribution in [0.1, 0.15) is 44.2 Å². The predicted octanol–water partition coefficient (Wildman–Crippen LogP) is 3.78.